The van der Waals surface area contributed by atoms with Gasteiger partial charge in [-0.25, -0.2) is 8.78 Å². The molecule has 0 aromatic heterocycles. The summed E-state index contributed by atoms with van der Waals surface area (Å²) in [4.78, 5) is 2.01. The molecule has 0 spiro atoms. The Morgan fingerprint density at radius 3 is 2.67 bits per heavy atom. The van der Waals surface area contributed by atoms with E-state index in [1.807, 2.05) is 11.9 Å². The lowest BCUT2D eigenvalue weighted by Crippen LogP contribution is -2.44. The third-order valence-corrected chi connectivity index (χ3v) is 3.00. The summed E-state index contributed by atoms with van der Waals surface area (Å²) in [5.41, 5.74) is 0. The van der Waals surface area contributed by atoms with Crippen LogP contribution >= 0.6 is 0 Å². The zero-order chi connectivity index (χ0) is 11.3. The van der Waals surface area contributed by atoms with E-state index >= 15 is 0 Å². The van der Waals surface area contributed by atoms with Gasteiger partial charge in [0.15, 0.2) is 0 Å². The molecule has 0 aromatic carbocycles. The van der Waals surface area contributed by atoms with Gasteiger partial charge in [0.2, 0.25) is 0 Å². The number of unbranched alkanes of at least 4 members (excludes halogenated alkanes) is 2. The number of nitrogens with zero attached hydrogens (tertiary/aromatic N) is 1. The molecule has 1 heterocycles. The first kappa shape index (κ1) is 12.8. The van der Waals surface area contributed by atoms with Gasteiger partial charge in [-0.2, -0.15) is 0 Å². The summed E-state index contributed by atoms with van der Waals surface area (Å²) in [6, 6.07) is -0.649. The van der Waals surface area contributed by atoms with Gasteiger partial charge < -0.3 is 10.2 Å². The van der Waals surface area contributed by atoms with Crippen LogP contribution in [0.25, 0.3) is 0 Å². The molecule has 1 atom stereocenters. The monoisotopic (exact) mass is 220 g/mol. The molecule has 2 nitrogen and oxygen atoms in total. The second-order valence-corrected chi connectivity index (χ2v) is 4.49. The summed E-state index contributed by atoms with van der Waals surface area (Å²) >= 11 is 0. The van der Waals surface area contributed by atoms with Gasteiger partial charge in [-0.3, -0.25) is 0 Å². The Morgan fingerprint density at radius 2 is 2.13 bits per heavy atom. The van der Waals surface area contributed by atoms with Crippen molar-refractivity contribution in [2.75, 3.05) is 26.7 Å². The van der Waals surface area contributed by atoms with Gasteiger partial charge in [0.1, 0.15) is 0 Å². The Kier molecular flexibility index (Phi) is 4.93. The van der Waals surface area contributed by atoms with Gasteiger partial charge in [0.05, 0.1) is 6.04 Å². The van der Waals surface area contributed by atoms with Crippen molar-refractivity contribution >= 4 is 0 Å². The molecular weight excluding hydrogens is 198 g/mol. The van der Waals surface area contributed by atoms with Crippen molar-refractivity contribution in [3.63, 3.8) is 0 Å². The molecule has 0 saturated carbocycles. The highest BCUT2D eigenvalue weighted by atomic mass is 19.3. The standard InChI is InChI=1S/C11H22F2N2/c1-3-4-5-8-15(2)9-10-11(12,13)6-7-14-10/h10,14H,3-9H2,1-2H3. The maximum Gasteiger partial charge on any atom is 0.265 e. The maximum atomic E-state index is 13.3. The second kappa shape index (κ2) is 5.75. The third-order valence-electron chi connectivity index (χ3n) is 3.00. The van der Waals surface area contributed by atoms with Crippen molar-refractivity contribution in [3.05, 3.63) is 0 Å². The average molecular weight is 220 g/mol. The number of hydrogen-bond acceptors (Lipinski definition) is 2. The number of halogens is 2. The predicted octanol–water partition coefficient (Wildman–Crippen LogP) is 2.11. The van der Waals surface area contributed by atoms with Crippen LogP contribution in [0.2, 0.25) is 0 Å². The summed E-state index contributed by atoms with van der Waals surface area (Å²) in [5, 5.41) is 2.88. The van der Waals surface area contributed by atoms with Crippen LogP contribution in [0, 0.1) is 0 Å². The molecule has 4 heteroatoms. The van der Waals surface area contributed by atoms with Crippen LogP contribution < -0.4 is 5.32 Å². The first-order valence-electron chi connectivity index (χ1n) is 5.86. The number of nitrogens with one attached hydrogen (secondary N) is 1. The quantitative estimate of drug-likeness (QED) is 0.690. The van der Waals surface area contributed by atoms with Gasteiger partial charge in [0, 0.05) is 19.5 Å². The lowest BCUT2D eigenvalue weighted by atomic mass is 10.1. The molecule has 0 radical (unpaired) electrons. The smallest absolute Gasteiger partial charge is 0.265 e. The Balaban J connectivity index is 2.22. The van der Waals surface area contributed by atoms with Crippen LogP contribution in [0.4, 0.5) is 8.78 Å². The SMILES string of the molecule is CCCCCN(C)CC1NCCC1(F)F. The number of hydrogen-bond donors (Lipinski definition) is 1. The number of alkyl halides is 2. The van der Waals surface area contributed by atoms with E-state index in [-0.39, 0.29) is 6.42 Å². The van der Waals surface area contributed by atoms with E-state index in [1.165, 1.54) is 12.8 Å². The molecule has 1 fully saturated rings. The molecule has 15 heavy (non-hydrogen) atoms. The minimum Gasteiger partial charge on any atom is -0.307 e. The molecule has 1 aliphatic rings. The molecule has 0 amide bonds. The topological polar surface area (TPSA) is 15.3 Å². The van der Waals surface area contributed by atoms with Crippen molar-refractivity contribution in [2.45, 2.75) is 44.6 Å². The molecule has 0 bridgehead atoms. The summed E-state index contributed by atoms with van der Waals surface area (Å²) in [7, 11) is 1.92. The van der Waals surface area contributed by atoms with Gasteiger partial charge >= 0.3 is 0 Å². The van der Waals surface area contributed by atoms with E-state index < -0.39 is 12.0 Å². The van der Waals surface area contributed by atoms with Crippen LogP contribution in [-0.4, -0.2) is 43.5 Å². The fraction of sp³-hybridized carbons (Fsp3) is 1.00. The van der Waals surface area contributed by atoms with E-state index in [0.29, 0.717) is 13.1 Å². The highest BCUT2D eigenvalue weighted by molar-refractivity contribution is 4.91. The highest BCUT2D eigenvalue weighted by Crippen LogP contribution is 2.27. The molecule has 90 valence electrons. The van der Waals surface area contributed by atoms with Crippen molar-refractivity contribution in [1.82, 2.24) is 10.2 Å². The van der Waals surface area contributed by atoms with E-state index in [1.54, 1.807) is 0 Å². The highest BCUT2D eigenvalue weighted by Gasteiger charge is 2.43. The summed E-state index contributed by atoms with van der Waals surface area (Å²) in [6.45, 7) is 3.96. The Bertz CT molecular complexity index is 185. The van der Waals surface area contributed by atoms with Crippen LogP contribution in [0.1, 0.15) is 32.6 Å². The van der Waals surface area contributed by atoms with Crippen LogP contribution in [-0.2, 0) is 0 Å². The number of likely N-dealkylation sites (N-methyl/N-ethyl adjacent to an activating group) is 1. The molecule has 0 aromatic rings. The van der Waals surface area contributed by atoms with Crippen molar-refractivity contribution < 1.29 is 8.78 Å². The second-order valence-electron chi connectivity index (χ2n) is 4.49. The van der Waals surface area contributed by atoms with E-state index in [2.05, 4.69) is 12.2 Å². The lowest BCUT2D eigenvalue weighted by Gasteiger charge is -2.25. The summed E-state index contributed by atoms with van der Waals surface area (Å²) in [5.74, 6) is -2.51. The molecular formula is C11H22F2N2. The molecule has 1 aliphatic heterocycles. The summed E-state index contributed by atoms with van der Waals surface area (Å²) in [6.07, 6.45) is 3.44. The molecule has 1 N–H and O–H groups in total. The summed E-state index contributed by atoms with van der Waals surface area (Å²) < 4.78 is 26.5. The molecule has 1 unspecified atom stereocenters. The van der Waals surface area contributed by atoms with Gasteiger partial charge in [-0.05, 0) is 20.0 Å². The Labute approximate surface area is 91.0 Å². The van der Waals surface area contributed by atoms with Gasteiger partial charge in [-0.15, -0.1) is 0 Å². The van der Waals surface area contributed by atoms with E-state index in [0.717, 1.165) is 13.0 Å². The minimum atomic E-state index is -2.51. The van der Waals surface area contributed by atoms with Crippen LogP contribution in [0.15, 0.2) is 0 Å². The average Bonchev–Trinajstić information content (AvgIpc) is 2.46. The zero-order valence-electron chi connectivity index (χ0n) is 9.73. The normalized spacial score (nSPS) is 25.0. The largest absolute Gasteiger partial charge is 0.307 e. The first-order valence-corrected chi connectivity index (χ1v) is 5.86. The molecule has 1 rings (SSSR count). The third kappa shape index (κ3) is 4.03. The van der Waals surface area contributed by atoms with Crippen LogP contribution in [0.5, 0.6) is 0 Å². The Hall–Kier alpha value is -0.220. The number of rotatable bonds is 6. The molecule has 0 aliphatic carbocycles. The van der Waals surface area contributed by atoms with E-state index in [4.69, 9.17) is 0 Å². The Morgan fingerprint density at radius 1 is 1.40 bits per heavy atom. The van der Waals surface area contributed by atoms with Crippen molar-refractivity contribution in [2.24, 2.45) is 0 Å². The fourth-order valence-corrected chi connectivity index (χ4v) is 1.97. The van der Waals surface area contributed by atoms with Gasteiger partial charge in [-0.1, -0.05) is 19.8 Å². The van der Waals surface area contributed by atoms with E-state index in [9.17, 15) is 8.78 Å². The minimum absolute atomic E-state index is 0.0134. The van der Waals surface area contributed by atoms with Gasteiger partial charge in [0.25, 0.3) is 5.92 Å². The zero-order valence-corrected chi connectivity index (χ0v) is 9.73. The predicted molar refractivity (Wildman–Crippen MR) is 58.4 cm³/mol. The fourth-order valence-electron chi connectivity index (χ4n) is 1.97. The van der Waals surface area contributed by atoms with Crippen molar-refractivity contribution in [1.29, 1.82) is 0 Å². The molecule has 1 saturated heterocycles. The van der Waals surface area contributed by atoms with Crippen molar-refractivity contribution in [3.8, 4) is 0 Å². The van der Waals surface area contributed by atoms with Crippen LogP contribution in [0.3, 0.4) is 0 Å². The maximum absolute atomic E-state index is 13.3. The first-order chi connectivity index (χ1) is 7.06. The lowest BCUT2D eigenvalue weighted by molar-refractivity contribution is -0.0187.